The van der Waals surface area contributed by atoms with Gasteiger partial charge < -0.3 is 15.8 Å². The molecule has 0 radical (unpaired) electrons. The summed E-state index contributed by atoms with van der Waals surface area (Å²) >= 11 is 1.39. The lowest BCUT2D eigenvalue weighted by atomic mass is 10.0. The molecule has 1 heterocycles. The summed E-state index contributed by atoms with van der Waals surface area (Å²) in [6, 6.07) is 7.77. The monoisotopic (exact) mass is 318 g/mol. The molecule has 0 bridgehead atoms. The van der Waals surface area contributed by atoms with E-state index in [9.17, 15) is 4.79 Å². The molecule has 0 aliphatic rings. The van der Waals surface area contributed by atoms with Gasteiger partial charge in [-0.05, 0) is 30.5 Å². The molecule has 5 heteroatoms. The van der Waals surface area contributed by atoms with Crippen LogP contribution in [0.3, 0.4) is 0 Å². The Labute approximate surface area is 135 Å². The molecule has 0 unspecified atom stereocenters. The Morgan fingerprint density at radius 1 is 1.23 bits per heavy atom. The molecule has 4 nitrogen and oxygen atoms in total. The van der Waals surface area contributed by atoms with E-state index in [0.717, 1.165) is 29.7 Å². The predicted octanol–water partition coefficient (Wildman–Crippen LogP) is 3.93. The van der Waals surface area contributed by atoms with Crippen molar-refractivity contribution in [1.82, 2.24) is 5.32 Å². The summed E-state index contributed by atoms with van der Waals surface area (Å²) in [4.78, 5) is 12.3. The van der Waals surface area contributed by atoms with Crippen LogP contribution in [0.25, 0.3) is 11.1 Å². The van der Waals surface area contributed by atoms with Gasteiger partial charge in [0.25, 0.3) is 5.91 Å². The Kier molecular flexibility index (Phi) is 5.83. The smallest absolute Gasteiger partial charge is 0.254 e. The molecule has 2 aromatic rings. The maximum atomic E-state index is 12.3. The fraction of sp³-hybridized carbons (Fsp3) is 0.353. The first-order valence-electron chi connectivity index (χ1n) is 7.55. The molecule has 2 rings (SSSR count). The molecule has 1 amide bonds. The number of carbonyl (C=O) groups excluding carboxylic acids is 1. The van der Waals surface area contributed by atoms with Gasteiger partial charge in [0.2, 0.25) is 0 Å². The molecular formula is C17H22N2O2S. The molecule has 1 aromatic carbocycles. The second-order valence-corrected chi connectivity index (χ2v) is 5.93. The number of anilines is 1. The van der Waals surface area contributed by atoms with Gasteiger partial charge in [0.1, 0.15) is 5.75 Å². The second-order valence-electron chi connectivity index (χ2n) is 5.02. The highest BCUT2D eigenvalue weighted by molar-refractivity contribution is 7.15. The Morgan fingerprint density at radius 3 is 2.59 bits per heavy atom. The average Bonchev–Trinajstić information content (AvgIpc) is 2.93. The van der Waals surface area contributed by atoms with E-state index in [1.165, 1.54) is 11.3 Å². The number of hydrogen-bond acceptors (Lipinski definition) is 4. The molecule has 22 heavy (non-hydrogen) atoms. The van der Waals surface area contributed by atoms with Crippen LogP contribution < -0.4 is 15.8 Å². The zero-order chi connectivity index (χ0) is 15.9. The molecule has 0 saturated carbocycles. The lowest BCUT2D eigenvalue weighted by Crippen LogP contribution is -2.24. The average molecular weight is 318 g/mol. The van der Waals surface area contributed by atoms with E-state index in [1.807, 2.05) is 36.6 Å². The van der Waals surface area contributed by atoms with Crippen LogP contribution in [-0.4, -0.2) is 19.1 Å². The first kappa shape index (κ1) is 16.4. The van der Waals surface area contributed by atoms with E-state index >= 15 is 0 Å². The quantitative estimate of drug-likeness (QED) is 0.813. The molecule has 0 spiro atoms. The summed E-state index contributed by atoms with van der Waals surface area (Å²) in [6.45, 7) is 5.45. The molecule has 0 aliphatic carbocycles. The van der Waals surface area contributed by atoms with E-state index in [2.05, 4.69) is 12.2 Å². The highest BCUT2D eigenvalue weighted by atomic mass is 32.1. The number of amides is 1. The summed E-state index contributed by atoms with van der Waals surface area (Å²) in [5.41, 5.74) is 8.39. The molecule has 3 N–H and O–H groups in total. The minimum Gasteiger partial charge on any atom is -0.494 e. The van der Waals surface area contributed by atoms with Crippen LogP contribution in [-0.2, 0) is 0 Å². The van der Waals surface area contributed by atoms with E-state index in [-0.39, 0.29) is 5.91 Å². The summed E-state index contributed by atoms with van der Waals surface area (Å²) in [6.07, 6.45) is 1.87. The topological polar surface area (TPSA) is 64.3 Å². The van der Waals surface area contributed by atoms with Crippen molar-refractivity contribution in [1.29, 1.82) is 0 Å². The van der Waals surface area contributed by atoms with E-state index < -0.39 is 0 Å². The van der Waals surface area contributed by atoms with Gasteiger partial charge in [0, 0.05) is 17.5 Å². The third-order valence-corrected chi connectivity index (χ3v) is 4.03. The number of thiophene rings is 1. The van der Waals surface area contributed by atoms with Crippen LogP contribution in [0.1, 0.15) is 37.0 Å². The third kappa shape index (κ3) is 3.80. The summed E-state index contributed by atoms with van der Waals surface area (Å²) in [5, 5.41) is 5.37. The molecule has 0 fully saturated rings. The van der Waals surface area contributed by atoms with Gasteiger partial charge in [0.05, 0.1) is 17.2 Å². The molecule has 118 valence electrons. The fourth-order valence-corrected chi connectivity index (χ4v) is 2.92. The van der Waals surface area contributed by atoms with Gasteiger partial charge in [-0.2, -0.15) is 0 Å². The second kappa shape index (κ2) is 7.84. The first-order chi connectivity index (χ1) is 10.7. The van der Waals surface area contributed by atoms with Gasteiger partial charge in [-0.15, -0.1) is 11.3 Å². The zero-order valence-electron chi connectivity index (χ0n) is 13.0. The fourth-order valence-electron chi connectivity index (χ4n) is 2.10. The van der Waals surface area contributed by atoms with Gasteiger partial charge in [-0.1, -0.05) is 26.0 Å². The highest BCUT2D eigenvalue weighted by Crippen LogP contribution is 2.34. The minimum atomic E-state index is -0.109. The van der Waals surface area contributed by atoms with Gasteiger partial charge in [-0.3, -0.25) is 4.79 Å². The SMILES string of the molecule is CCCNC(=O)c1c(-c2ccc(OCCC)cc2)csc1N. The minimum absolute atomic E-state index is 0.109. The molecule has 0 saturated heterocycles. The van der Waals surface area contributed by atoms with E-state index in [4.69, 9.17) is 10.5 Å². The van der Waals surface area contributed by atoms with Crippen LogP contribution in [0, 0.1) is 0 Å². The van der Waals surface area contributed by atoms with Crippen molar-refractivity contribution in [3.8, 4) is 16.9 Å². The van der Waals surface area contributed by atoms with Crippen molar-refractivity contribution in [3.05, 3.63) is 35.2 Å². The summed E-state index contributed by atoms with van der Waals surface area (Å²) < 4.78 is 5.58. The number of nitrogens with one attached hydrogen (secondary N) is 1. The van der Waals surface area contributed by atoms with Crippen LogP contribution in [0.15, 0.2) is 29.6 Å². The number of benzene rings is 1. The Morgan fingerprint density at radius 2 is 1.95 bits per heavy atom. The number of hydrogen-bond donors (Lipinski definition) is 2. The number of nitrogens with two attached hydrogens (primary N) is 1. The van der Waals surface area contributed by atoms with E-state index in [0.29, 0.717) is 23.7 Å². The standard InChI is InChI=1S/C17H22N2O2S/c1-3-9-19-17(20)15-14(11-22-16(15)18)12-5-7-13(8-6-12)21-10-4-2/h5-8,11H,3-4,9-10,18H2,1-2H3,(H,19,20). The van der Waals surface area contributed by atoms with Gasteiger partial charge >= 0.3 is 0 Å². The van der Waals surface area contributed by atoms with Gasteiger partial charge in [0.15, 0.2) is 0 Å². The third-order valence-electron chi connectivity index (χ3n) is 3.22. The molecule has 0 aliphatic heterocycles. The summed E-state index contributed by atoms with van der Waals surface area (Å²) in [5.74, 6) is 0.729. The van der Waals surface area contributed by atoms with Crippen molar-refractivity contribution < 1.29 is 9.53 Å². The maximum absolute atomic E-state index is 12.3. The normalized spacial score (nSPS) is 10.5. The van der Waals surface area contributed by atoms with Crippen LogP contribution in [0.2, 0.25) is 0 Å². The number of nitrogen functional groups attached to an aromatic ring is 1. The molecule has 0 atom stereocenters. The number of carbonyl (C=O) groups is 1. The zero-order valence-corrected chi connectivity index (χ0v) is 13.8. The lowest BCUT2D eigenvalue weighted by molar-refractivity contribution is 0.0955. The largest absolute Gasteiger partial charge is 0.494 e. The number of ether oxygens (including phenoxy) is 1. The Hall–Kier alpha value is -2.01. The highest BCUT2D eigenvalue weighted by Gasteiger charge is 2.18. The Balaban J connectivity index is 2.23. The van der Waals surface area contributed by atoms with Crippen molar-refractivity contribution in [2.24, 2.45) is 0 Å². The van der Waals surface area contributed by atoms with E-state index in [1.54, 1.807) is 0 Å². The van der Waals surface area contributed by atoms with Crippen molar-refractivity contribution in [3.63, 3.8) is 0 Å². The van der Waals surface area contributed by atoms with Crippen molar-refractivity contribution >= 4 is 22.2 Å². The van der Waals surface area contributed by atoms with Crippen LogP contribution in [0.4, 0.5) is 5.00 Å². The predicted molar refractivity (Wildman–Crippen MR) is 92.6 cm³/mol. The maximum Gasteiger partial charge on any atom is 0.254 e. The van der Waals surface area contributed by atoms with Crippen LogP contribution >= 0.6 is 11.3 Å². The van der Waals surface area contributed by atoms with Crippen molar-refractivity contribution in [2.45, 2.75) is 26.7 Å². The summed E-state index contributed by atoms with van der Waals surface area (Å²) in [7, 11) is 0. The first-order valence-corrected chi connectivity index (χ1v) is 8.43. The number of rotatable bonds is 7. The molecular weight excluding hydrogens is 296 g/mol. The molecule has 1 aromatic heterocycles. The van der Waals surface area contributed by atoms with Crippen molar-refractivity contribution in [2.75, 3.05) is 18.9 Å². The van der Waals surface area contributed by atoms with Gasteiger partial charge in [-0.25, -0.2) is 0 Å². The lowest BCUT2D eigenvalue weighted by Gasteiger charge is -2.08. The van der Waals surface area contributed by atoms with Crippen LogP contribution in [0.5, 0.6) is 5.75 Å². The Bertz CT molecular complexity index is 620.